The van der Waals surface area contributed by atoms with Gasteiger partial charge >= 0.3 is 0 Å². The summed E-state index contributed by atoms with van der Waals surface area (Å²) in [5, 5.41) is 42.9. The molecule has 234 valence electrons. The fraction of sp³-hybridized carbons (Fsp3) is 0.943. The summed E-state index contributed by atoms with van der Waals surface area (Å²) < 4.78 is 12.0. The molecule has 0 spiro atoms. The van der Waals surface area contributed by atoms with Crippen molar-refractivity contribution in [3.63, 3.8) is 0 Å². The maximum Gasteiger partial charge on any atom is 0.186 e. The van der Waals surface area contributed by atoms with Crippen molar-refractivity contribution in [1.29, 1.82) is 0 Å². The van der Waals surface area contributed by atoms with Crippen molar-refractivity contribution in [2.24, 2.45) is 70.5 Å². The Kier molecular flexibility index (Phi) is 8.29. The Balaban J connectivity index is 1.15. The van der Waals surface area contributed by atoms with Gasteiger partial charge in [0.2, 0.25) is 0 Å². The lowest BCUT2D eigenvalue weighted by molar-refractivity contribution is -0.306. The number of hydrogen-bond donors (Lipinski definition) is 4. The van der Waals surface area contributed by atoms with Crippen LogP contribution in [0.1, 0.15) is 93.4 Å². The maximum atomic E-state index is 12.1. The predicted molar refractivity (Wildman–Crippen MR) is 159 cm³/mol. The Bertz CT molecular complexity index is 982. The van der Waals surface area contributed by atoms with Gasteiger partial charge in [0.1, 0.15) is 18.3 Å². The van der Waals surface area contributed by atoms with E-state index in [1.54, 1.807) is 6.92 Å². The topological polar surface area (TPSA) is 99.4 Å². The van der Waals surface area contributed by atoms with E-state index in [1.165, 1.54) is 24.8 Å². The van der Waals surface area contributed by atoms with Crippen LogP contribution >= 0.6 is 0 Å². The SMILES string of the molecule is CC(C)C(C)C1CC1C(C)C1CCC2C3CC=C4CC(OC5OC(C)C(O)C(O)C5O)CCC4(C)C3C(O)C(C)C12. The summed E-state index contributed by atoms with van der Waals surface area (Å²) in [5.74, 6) is 7.40. The molecule has 6 aliphatic rings. The van der Waals surface area contributed by atoms with Crippen LogP contribution in [0.4, 0.5) is 0 Å². The van der Waals surface area contributed by atoms with E-state index in [1.807, 2.05) is 0 Å². The predicted octanol–water partition coefficient (Wildman–Crippen LogP) is 5.17. The van der Waals surface area contributed by atoms with Crippen LogP contribution in [-0.4, -0.2) is 63.3 Å². The lowest BCUT2D eigenvalue weighted by Crippen LogP contribution is -2.59. The van der Waals surface area contributed by atoms with Gasteiger partial charge in [-0.1, -0.05) is 53.2 Å². The highest BCUT2D eigenvalue weighted by molar-refractivity contribution is 5.26. The van der Waals surface area contributed by atoms with Gasteiger partial charge in [-0.15, -0.1) is 0 Å². The van der Waals surface area contributed by atoms with Crippen LogP contribution in [0, 0.1) is 70.5 Å². The van der Waals surface area contributed by atoms with Crippen molar-refractivity contribution in [3.8, 4) is 0 Å². The van der Waals surface area contributed by atoms with E-state index in [4.69, 9.17) is 9.47 Å². The average Bonchev–Trinajstić information content (AvgIpc) is 3.61. The molecule has 41 heavy (non-hydrogen) atoms. The molecule has 6 nitrogen and oxygen atoms in total. The van der Waals surface area contributed by atoms with E-state index in [9.17, 15) is 20.4 Å². The minimum Gasteiger partial charge on any atom is -0.393 e. The van der Waals surface area contributed by atoms with Crippen LogP contribution in [0.15, 0.2) is 11.6 Å². The third kappa shape index (κ3) is 4.99. The molecule has 5 fully saturated rings. The lowest BCUT2D eigenvalue weighted by atomic mass is 9.47. The molecule has 0 amide bonds. The first-order valence-electron chi connectivity index (χ1n) is 17.1. The highest BCUT2D eigenvalue weighted by Gasteiger charge is 2.61. The normalized spacial score (nSPS) is 54.5. The molecule has 18 unspecified atom stereocenters. The number of aliphatic hydroxyl groups is 4. The fourth-order valence-electron chi connectivity index (χ4n) is 11.1. The second-order valence-corrected chi connectivity index (χ2v) is 16.1. The summed E-state index contributed by atoms with van der Waals surface area (Å²) >= 11 is 0. The van der Waals surface area contributed by atoms with Gasteiger partial charge < -0.3 is 29.9 Å². The highest BCUT2D eigenvalue weighted by atomic mass is 16.7. The van der Waals surface area contributed by atoms with E-state index >= 15 is 0 Å². The molecular weight excluding hydrogens is 516 g/mol. The molecule has 0 aromatic heterocycles. The zero-order chi connectivity index (χ0) is 29.5. The van der Waals surface area contributed by atoms with Crippen molar-refractivity contribution >= 4 is 0 Å². The molecule has 1 saturated heterocycles. The molecule has 18 atom stereocenters. The smallest absolute Gasteiger partial charge is 0.186 e. The molecule has 1 heterocycles. The van der Waals surface area contributed by atoms with Gasteiger partial charge in [-0.05, 0) is 122 Å². The summed E-state index contributed by atoms with van der Waals surface area (Å²) in [5.41, 5.74) is 1.36. The van der Waals surface area contributed by atoms with Crippen LogP contribution in [0.2, 0.25) is 0 Å². The van der Waals surface area contributed by atoms with Crippen molar-refractivity contribution in [2.45, 2.75) is 136 Å². The summed E-state index contributed by atoms with van der Waals surface area (Å²) in [4.78, 5) is 0. The minimum atomic E-state index is -1.28. The minimum absolute atomic E-state index is 0.0333. The van der Waals surface area contributed by atoms with Gasteiger partial charge in [0.05, 0.1) is 18.3 Å². The quantitative estimate of drug-likeness (QED) is 0.327. The Morgan fingerprint density at radius 1 is 0.878 bits per heavy atom. The van der Waals surface area contributed by atoms with Crippen molar-refractivity contribution < 1.29 is 29.9 Å². The average molecular weight is 575 g/mol. The van der Waals surface area contributed by atoms with Crippen LogP contribution in [0.5, 0.6) is 0 Å². The standard InChI is InChI=1S/C35H58O6/c1-16(2)17(3)26-15-27(26)18(4)23-10-11-24-25-9-8-21-14-22(41-34-33(39)32(38)31(37)20(6)40-34)12-13-35(21,7)29(25)30(36)19(5)28(23)24/h8,16-20,22-34,36-39H,9-15H2,1-7H3. The molecule has 4 saturated carbocycles. The molecule has 6 heteroatoms. The molecule has 0 radical (unpaired) electrons. The third-order valence-electron chi connectivity index (χ3n) is 14.0. The van der Waals surface area contributed by atoms with E-state index in [0.717, 1.165) is 61.2 Å². The van der Waals surface area contributed by atoms with Gasteiger partial charge in [-0.3, -0.25) is 0 Å². The van der Waals surface area contributed by atoms with Gasteiger partial charge in [-0.25, -0.2) is 0 Å². The lowest BCUT2D eigenvalue weighted by Gasteiger charge is -2.59. The number of aliphatic hydroxyl groups excluding tert-OH is 4. The maximum absolute atomic E-state index is 12.1. The number of rotatable bonds is 6. The number of ether oxygens (including phenoxy) is 2. The molecule has 6 rings (SSSR count). The highest BCUT2D eigenvalue weighted by Crippen LogP contribution is 2.66. The number of fused-ring (bicyclic) bond motifs is 5. The first-order chi connectivity index (χ1) is 19.3. The van der Waals surface area contributed by atoms with Crippen LogP contribution in [0.3, 0.4) is 0 Å². The van der Waals surface area contributed by atoms with Crippen LogP contribution in [0.25, 0.3) is 0 Å². The van der Waals surface area contributed by atoms with E-state index in [-0.39, 0.29) is 23.5 Å². The summed E-state index contributed by atoms with van der Waals surface area (Å²) in [7, 11) is 0. The second-order valence-electron chi connectivity index (χ2n) is 16.1. The van der Waals surface area contributed by atoms with Crippen LogP contribution in [-0.2, 0) is 9.47 Å². The summed E-state index contributed by atoms with van der Waals surface area (Å²) in [6.07, 6.45) is 4.56. The Labute approximate surface area is 248 Å². The number of hydrogen-bond acceptors (Lipinski definition) is 6. The second kappa shape index (κ2) is 11.1. The molecule has 1 aliphatic heterocycles. The van der Waals surface area contributed by atoms with E-state index < -0.39 is 30.7 Å². The zero-order valence-electron chi connectivity index (χ0n) is 26.5. The van der Waals surface area contributed by atoms with E-state index in [2.05, 4.69) is 47.6 Å². The van der Waals surface area contributed by atoms with Gasteiger partial charge in [0.15, 0.2) is 6.29 Å². The summed E-state index contributed by atoms with van der Waals surface area (Å²) in [6.45, 7) is 16.2. The molecule has 0 aromatic carbocycles. The molecule has 0 bridgehead atoms. The largest absolute Gasteiger partial charge is 0.393 e. The van der Waals surface area contributed by atoms with Gasteiger partial charge in [0.25, 0.3) is 0 Å². The van der Waals surface area contributed by atoms with Gasteiger partial charge in [0, 0.05) is 0 Å². The molecule has 5 aliphatic carbocycles. The Morgan fingerprint density at radius 2 is 1.61 bits per heavy atom. The first kappa shape index (κ1) is 30.5. The molecular formula is C35H58O6. The first-order valence-corrected chi connectivity index (χ1v) is 17.1. The fourth-order valence-corrected chi connectivity index (χ4v) is 11.1. The van der Waals surface area contributed by atoms with Crippen LogP contribution < -0.4 is 0 Å². The Morgan fingerprint density at radius 3 is 2.32 bits per heavy atom. The van der Waals surface area contributed by atoms with Gasteiger partial charge in [-0.2, -0.15) is 0 Å². The molecule has 4 N–H and O–H groups in total. The monoisotopic (exact) mass is 574 g/mol. The van der Waals surface area contributed by atoms with Crippen molar-refractivity contribution in [1.82, 2.24) is 0 Å². The van der Waals surface area contributed by atoms with Crippen molar-refractivity contribution in [3.05, 3.63) is 11.6 Å². The Hall–Kier alpha value is -0.500. The third-order valence-corrected chi connectivity index (χ3v) is 14.0. The van der Waals surface area contributed by atoms with Crippen molar-refractivity contribution in [2.75, 3.05) is 0 Å². The molecule has 0 aromatic rings. The zero-order valence-corrected chi connectivity index (χ0v) is 26.5. The van der Waals surface area contributed by atoms with E-state index in [0.29, 0.717) is 23.7 Å². The number of allylic oxidation sites excluding steroid dienone is 1. The summed E-state index contributed by atoms with van der Waals surface area (Å²) in [6, 6.07) is 0.